The van der Waals surface area contributed by atoms with E-state index in [2.05, 4.69) is 5.32 Å². The number of nitrogens with zero attached hydrogens (tertiary/aromatic N) is 2. The predicted molar refractivity (Wildman–Crippen MR) is 65.1 cm³/mol. The van der Waals surface area contributed by atoms with Crippen LogP contribution in [0.2, 0.25) is 0 Å². The number of benzene rings is 1. The fourth-order valence-electron chi connectivity index (χ4n) is 1.34. The molecule has 0 spiro atoms. The lowest BCUT2D eigenvalue weighted by atomic mass is 10.2. The molecule has 0 aromatic heterocycles. The molecule has 0 heterocycles. The van der Waals surface area contributed by atoms with Gasteiger partial charge < -0.3 is 10.2 Å². The van der Waals surface area contributed by atoms with E-state index in [1.807, 2.05) is 0 Å². The van der Waals surface area contributed by atoms with Crippen LogP contribution in [0.1, 0.15) is 6.42 Å². The fraction of sp³-hybridized carbons (Fsp3) is 0.364. The minimum atomic E-state index is -0.466. The molecule has 0 bridgehead atoms. The molecule has 1 aromatic carbocycles. The van der Waals surface area contributed by atoms with Gasteiger partial charge >= 0.3 is 0 Å². The molecule has 1 aromatic rings. The van der Waals surface area contributed by atoms with Crippen LogP contribution in [-0.4, -0.2) is 31.5 Å². The largest absolute Gasteiger partial charge is 0.319 e. The van der Waals surface area contributed by atoms with E-state index in [4.69, 9.17) is 0 Å². The van der Waals surface area contributed by atoms with E-state index in [9.17, 15) is 14.9 Å². The number of rotatable bonds is 5. The highest BCUT2D eigenvalue weighted by molar-refractivity contribution is 5.92. The fourth-order valence-corrected chi connectivity index (χ4v) is 1.34. The summed E-state index contributed by atoms with van der Waals surface area (Å²) in [6.45, 7) is 0.607. The molecule has 0 atom stereocenters. The summed E-state index contributed by atoms with van der Waals surface area (Å²) >= 11 is 0. The number of nitro benzene ring substituents is 1. The van der Waals surface area contributed by atoms with Crippen molar-refractivity contribution in [3.63, 3.8) is 0 Å². The minimum absolute atomic E-state index is 0.0184. The Balaban J connectivity index is 2.72. The van der Waals surface area contributed by atoms with Crippen molar-refractivity contribution in [2.24, 2.45) is 0 Å². The summed E-state index contributed by atoms with van der Waals surface area (Å²) in [5, 5.41) is 13.4. The highest BCUT2D eigenvalue weighted by Gasteiger charge is 2.11. The maximum Gasteiger partial charge on any atom is 0.269 e. The average molecular weight is 237 g/mol. The number of carbonyl (C=O) groups is 1. The van der Waals surface area contributed by atoms with Crippen molar-refractivity contribution in [3.05, 3.63) is 34.4 Å². The summed E-state index contributed by atoms with van der Waals surface area (Å²) in [6, 6.07) is 5.90. The summed E-state index contributed by atoms with van der Waals surface area (Å²) in [5.41, 5.74) is 0.668. The smallest absolute Gasteiger partial charge is 0.269 e. The van der Waals surface area contributed by atoms with Gasteiger partial charge in [0.05, 0.1) is 4.92 Å². The first-order chi connectivity index (χ1) is 8.06. The predicted octanol–water partition coefficient (Wildman–Crippen LogP) is 1.17. The summed E-state index contributed by atoms with van der Waals surface area (Å²) < 4.78 is 0. The van der Waals surface area contributed by atoms with Crippen LogP contribution in [0.3, 0.4) is 0 Å². The molecular formula is C11H15N3O3. The third kappa shape index (κ3) is 3.53. The molecule has 0 fully saturated rings. The van der Waals surface area contributed by atoms with Crippen molar-refractivity contribution in [1.82, 2.24) is 5.32 Å². The van der Waals surface area contributed by atoms with Crippen LogP contribution in [0.4, 0.5) is 11.4 Å². The summed E-state index contributed by atoms with van der Waals surface area (Å²) in [4.78, 5) is 23.2. The number of nitrogens with one attached hydrogen (secondary N) is 1. The molecule has 6 nitrogen and oxygen atoms in total. The third-order valence-electron chi connectivity index (χ3n) is 2.41. The van der Waals surface area contributed by atoms with Gasteiger partial charge in [0.25, 0.3) is 5.69 Å². The molecule has 6 heteroatoms. The highest BCUT2D eigenvalue weighted by Crippen LogP contribution is 2.18. The molecule has 1 amide bonds. The molecule has 0 unspecified atom stereocenters. The summed E-state index contributed by atoms with van der Waals surface area (Å²) in [6.07, 6.45) is 0.393. The number of non-ortho nitro benzene ring substituents is 1. The van der Waals surface area contributed by atoms with E-state index < -0.39 is 4.92 Å². The Morgan fingerprint density at radius 1 is 1.41 bits per heavy atom. The number of nitro groups is 1. The molecule has 0 aliphatic carbocycles. The monoisotopic (exact) mass is 237 g/mol. The zero-order valence-corrected chi connectivity index (χ0v) is 9.84. The Hall–Kier alpha value is -1.95. The quantitative estimate of drug-likeness (QED) is 0.616. The second kappa shape index (κ2) is 5.95. The SMILES string of the molecule is CNCCC(=O)N(C)c1ccc([N+](=O)[O-])cc1. The molecule has 0 aliphatic rings. The van der Waals surface area contributed by atoms with E-state index in [0.29, 0.717) is 18.7 Å². The van der Waals surface area contributed by atoms with Crippen LogP contribution < -0.4 is 10.2 Å². The normalized spacial score (nSPS) is 10.0. The summed E-state index contributed by atoms with van der Waals surface area (Å²) in [5.74, 6) is -0.0341. The van der Waals surface area contributed by atoms with Crippen molar-refractivity contribution in [2.45, 2.75) is 6.42 Å². The molecule has 0 radical (unpaired) electrons. The van der Waals surface area contributed by atoms with Crippen molar-refractivity contribution >= 4 is 17.3 Å². The Morgan fingerprint density at radius 3 is 2.47 bits per heavy atom. The van der Waals surface area contributed by atoms with Crippen molar-refractivity contribution in [1.29, 1.82) is 0 Å². The van der Waals surface area contributed by atoms with Crippen LogP contribution >= 0.6 is 0 Å². The van der Waals surface area contributed by atoms with Gasteiger partial charge in [-0.1, -0.05) is 0 Å². The van der Waals surface area contributed by atoms with Gasteiger partial charge in [-0.25, -0.2) is 0 Å². The van der Waals surface area contributed by atoms with Gasteiger partial charge in [-0.05, 0) is 19.2 Å². The number of hydrogen-bond donors (Lipinski definition) is 1. The van der Waals surface area contributed by atoms with Gasteiger partial charge in [0, 0.05) is 37.8 Å². The molecule has 0 saturated carbocycles. The molecule has 0 saturated heterocycles. The highest BCUT2D eigenvalue weighted by atomic mass is 16.6. The first-order valence-electron chi connectivity index (χ1n) is 5.22. The molecule has 0 aliphatic heterocycles. The van der Waals surface area contributed by atoms with Crippen LogP contribution in [-0.2, 0) is 4.79 Å². The van der Waals surface area contributed by atoms with Gasteiger partial charge in [-0.2, -0.15) is 0 Å². The Bertz CT molecular complexity index is 403. The van der Waals surface area contributed by atoms with Gasteiger partial charge in [-0.15, -0.1) is 0 Å². The molecule has 1 rings (SSSR count). The van der Waals surface area contributed by atoms with Crippen molar-refractivity contribution < 1.29 is 9.72 Å². The van der Waals surface area contributed by atoms with Crippen molar-refractivity contribution in [3.8, 4) is 0 Å². The first kappa shape index (κ1) is 13.1. The van der Waals surface area contributed by atoms with E-state index in [1.54, 1.807) is 26.2 Å². The average Bonchev–Trinajstić information content (AvgIpc) is 2.35. The topological polar surface area (TPSA) is 75.5 Å². The zero-order chi connectivity index (χ0) is 12.8. The minimum Gasteiger partial charge on any atom is -0.319 e. The van der Waals surface area contributed by atoms with Crippen LogP contribution in [0.15, 0.2) is 24.3 Å². The lowest BCUT2D eigenvalue weighted by Crippen LogP contribution is -2.28. The lowest BCUT2D eigenvalue weighted by Gasteiger charge is -2.16. The van der Waals surface area contributed by atoms with Gasteiger partial charge in [0.15, 0.2) is 0 Å². The van der Waals surface area contributed by atoms with Gasteiger partial charge in [-0.3, -0.25) is 14.9 Å². The Kier molecular flexibility index (Phi) is 4.59. The van der Waals surface area contributed by atoms with E-state index in [-0.39, 0.29) is 11.6 Å². The van der Waals surface area contributed by atoms with Crippen LogP contribution in [0.5, 0.6) is 0 Å². The van der Waals surface area contributed by atoms with Gasteiger partial charge in [0.1, 0.15) is 0 Å². The van der Waals surface area contributed by atoms with E-state index in [1.165, 1.54) is 17.0 Å². The zero-order valence-electron chi connectivity index (χ0n) is 9.84. The van der Waals surface area contributed by atoms with Crippen LogP contribution in [0, 0.1) is 10.1 Å². The van der Waals surface area contributed by atoms with Gasteiger partial charge in [0.2, 0.25) is 5.91 Å². The molecule has 92 valence electrons. The standard InChI is InChI=1S/C11H15N3O3/c1-12-8-7-11(15)13(2)9-3-5-10(6-4-9)14(16)17/h3-6,12H,7-8H2,1-2H3. The molecule has 1 N–H and O–H groups in total. The maximum absolute atomic E-state index is 11.7. The summed E-state index contributed by atoms with van der Waals surface area (Å²) in [7, 11) is 3.43. The second-order valence-corrected chi connectivity index (χ2v) is 3.58. The second-order valence-electron chi connectivity index (χ2n) is 3.58. The van der Waals surface area contributed by atoms with Crippen LogP contribution in [0.25, 0.3) is 0 Å². The first-order valence-corrected chi connectivity index (χ1v) is 5.22. The number of carbonyl (C=O) groups excluding carboxylic acids is 1. The third-order valence-corrected chi connectivity index (χ3v) is 2.41. The Labute approximate surface area is 99.4 Å². The van der Waals surface area contributed by atoms with E-state index >= 15 is 0 Å². The molecule has 17 heavy (non-hydrogen) atoms. The number of hydrogen-bond acceptors (Lipinski definition) is 4. The molecular weight excluding hydrogens is 222 g/mol. The maximum atomic E-state index is 11.7. The number of amides is 1. The lowest BCUT2D eigenvalue weighted by molar-refractivity contribution is -0.384. The van der Waals surface area contributed by atoms with Crippen molar-refractivity contribution in [2.75, 3.05) is 25.5 Å². The van der Waals surface area contributed by atoms with E-state index in [0.717, 1.165) is 0 Å². The Morgan fingerprint density at radius 2 is 2.00 bits per heavy atom. The number of anilines is 1.